The molecule has 2 unspecified atom stereocenters. The highest BCUT2D eigenvalue weighted by Gasteiger charge is 2.24. The molecule has 2 rings (SSSR count). The molecule has 0 saturated carbocycles. The summed E-state index contributed by atoms with van der Waals surface area (Å²) in [6.45, 7) is 2.49. The Bertz CT molecular complexity index is 302. The van der Waals surface area contributed by atoms with Crippen molar-refractivity contribution in [2.24, 2.45) is 0 Å². The lowest BCUT2D eigenvalue weighted by atomic mass is 10.2. The maximum atomic E-state index is 5.85. The molecule has 1 aromatic rings. The van der Waals surface area contributed by atoms with Crippen molar-refractivity contribution in [1.29, 1.82) is 0 Å². The van der Waals surface area contributed by atoms with Crippen molar-refractivity contribution in [3.63, 3.8) is 0 Å². The molecule has 1 saturated heterocycles. The lowest BCUT2D eigenvalue weighted by Gasteiger charge is -2.13. The van der Waals surface area contributed by atoms with Crippen LogP contribution in [0.1, 0.15) is 17.7 Å². The molecule has 96 valence electrons. The number of hydrogen-bond acceptors (Lipinski definition) is 4. The number of thiophene rings is 1. The Labute approximate surface area is 107 Å². The van der Waals surface area contributed by atoms with E-state index in [1.54, 1.807) is 11.3 Å². The van der Waals surface area contributed by atoms with Crippen molar-refractivity contribution in [3.8, 4) is 0 Å². The molecule has 4 heteroatoms. The normalized spacial score (nSPS) is 24.3. The zero-order valence-electron chi connectivity index (χ0n) is 10.4. The van der Waals surface area contributed by atoms with Gasteiger partial charge in [0.15, 0.2) is 0 Å². The molecule has 2 heterocycles. The van der Waals surface area contributed by atoms with E-state index >= 15 is 0 Å². The van der Waals surface area contributed by atoms with Gasteiger partial charge in [-0.05, 0) is 31.3 Å². The first-order valence-corrected chi connectivity index (χ1v) is 7.16. The van der Waals surface area contributed by atoms with Crippen LogP contribution in [0.2, 0.25) is 0 Å². The maximum absolute atomic E-state index is 5.85. The zero-order valence-corrected chi connectivity index (χ0v) is 11.2. The Kier molecular flexibility index (Phi) is 5.45. The molecule has 0 aliphatic carbocycles. The van der Waals surface area contributed by atoms with Gasteiger partial charge in [-0.2, -0.15) is 0 Å². The largest absolute Gasteiger partial charge is 0.378 e. The number of likely N-dealkylation sites (N-methyl/N-ethyl adjacent to an activating group) is 1. The topological polar surface area (TPSA) is 30.5 Å². The molecular weight excluding hydrogens is 234 g/mol. The second-order valence-corrected chi connectivity index (χ2v) is 5.45. The van der Waals surface area contributed by atoms with Gasteiger partial charge < -0.3 is 14.8 Å². The Morgan fingerprint density at radius 2 is 2.35 bits per heavy atom. The van der Waals surface area contributed by atoms with Crippen LogP contribution < -0.4 is 5.32 Å². The fourth-order valence-corrected chi connectivity index (χ4v) is 2.81. The van der Waals surface area contributed by atoms with Gasteiger partial charge in [-0.25, -0.2) is 0 Å². The highest BCUT2D eigenvalue weighted by atomic mass is 32.1. The van der Waals surface area contributed by atoms with Crippen molar-refractivity contribution in [3.05, 3.63) is 22.4 Å². The van der Waals surface area contributed by atoms with Crippen LogP contribution in [0.25, 0.3) is 0 Å². The molecule has 3 nitrogen and oxygen atoms in total. The summed E-state index contributed by atoms with van der Waals surface area (Å²) in [4.78, 5) is 1.39. The standard InChI is InChI=1S/C13H21NO2S/c1-14-9-11-4-5-12(16-11)10-15-7-6-13-3-2-8-17-13/h2-3,8,11-12,14H,4-7,9-10H2,1H3. The van der Waals surface area contributed by atoms with Crippen molar-refractivity contribution in [2.45, 2.75) is 31.5 Å². The first-order chi connectivity index (χ1) is 8.38. The van der Waals surface area contributed by atoms with Gasteiger partial charge in [-0.1, -0.05) is 6.07 Å². The molecule has 1 aromatic heterocycles. The summed E-state index contributed by atoms with van der Waals surface area (Å²) in [7, 11) is 1.97. The van der Waals surface area contributed by atoms with Crippen LogP contribution >= 0.6 is 11.3 Å². The summed E-state index contributed by atoms with van der Waals surface area (Å²) in [5.41, 5.74) is 0. The lowest BCUT2D eigenvalue weighted by molar-refractivity contribution is -0.0130. The molecule has 0 aromatic carbocycles. The molecular formula is C13H21NO2S. The molecule has 17 heavy (non-hydrogen) atoms. The quantitative estimate of drug-likeness (QED) is 0.757. The Morgan fingerprint density at radius 1 is 1.47 bits per heavy atom. The predicted octanol–water partition coefficient (Wildman–Crippen LogP) is 2.07. The number of hydrogen-bond donors (Lipinski definition) is 1. The summed E-state index contributed by atoms with van der Waals surface area (Å²) in [5.74, 6) is 0. The third kappa shape index (κ3) is 4.39. The molecule has 0 spiro atoms. The lowest BCUT2D eigenvalue weighted by Crippen LogP contribution is -2.25. The van der Waals surface area contributed by atoms with E-state index in [-0.39, 0.29) is 0 Å². The van der Waals surface area contributed by atoms with Gasteiger partial charge in [0.25, 0.3) is 0 Å². The summed E-state index contributed by atoms with van der Waals surface area (Å²) in [5, 5.41) is 5.26. The molecule has 1 N–H and O–H groups in total. The molecule has 1 aliphatic rings. The third-order valence-electron chi connectivity index (χ3n) is 3.00. The van der Waals surface area contributed by atoms with Gasteiger partial charge in [0.2, 0.25) is 0 Å². The van der Waals surface area contributed by atoms with E-state index in [9.17, 15) is 0 Å². The van der Waals surface area contributed by atoms with Crippen molar-refractivity contribution in [2.75, 3.05) is 26.8 Å². The van der Waals surface area contributed by atoms with Crippen LogP contribution in [0.15, 0.2) is 17.5 Å². The molecule has 0 bridgehead atoms. The molecule has 1 fully saturated rings. The van der Waals surface area contributed by atoms with Crippen LogP contribution in [-0.2, 0) is 15.9 Å². The van der Waals surface area contributed by atoms with E-state index in [1.165, 1.54) is 4.88 Å². The van der Waals surface area contributed by atoms with E-state index in [1.807, 2.05) is 7.05 Å². The van der Waals surface area contributed by atoms with E-state index in [0.717, 1.165) is 39.0 Å². The minimum atomic E-state index is 0.302. The average molecular weight is 255 g/mol. The number of rotatable bonds is 7. The van der Waals surface area contributed by atoms with Crippen LogP contribution in [-0.4, -0.2) is 39.0 Å². The van der Waals surface area contributed by atoms with Gasteiger partial charge in [-0.15, -0.1) is 11.3 Å². The fraction of sp³-hybridized carbons (Fsp3) is 0.692. The Hall–Kier alpha value is -0.420. The van der Waals surface area contributed by atoms with Gasteiger partial charge in [0.1, 0.15) is 0 Å². The Balaban J connectivity index is 1.54. The molecule has 0 amide bonds. The number of ether oxygens (including phenoxy) is 2. The van der Waals surface area contributed by atoms with Gasteiger partial charge in [0, 0.05) is 17.8 Å². The second-order valence-electron chi connectivity index (χ2n) is 4.42. The van der Waals surface area contributed by atoms with E-state index in [4.69, 9.17) is 9.47 Å². The summed E-state index contributed by atoms with van der Waals surface area (Å²) >= 11 is 1.79. The first kappa shape index (κ1) is 13.0. The predicted molar refractivity (Wildman–Crippen MR) is 70.7 cm³/mol. The first-order valence-electron chi connectivity index (χ1n) is 6.28. The smallest absolute Gasteiger partial charge is 0.0813 e. The van der Waals surface area contributed by atoms with Crippen LogP contribution in [0.4, 0.5) is 0 Å². The van der Waals surface area contributed by atoms with Gasteiger partial charge >= 0.3 is 0 Å². The van der Waals surface area contributed by atoms with E-state index in [0.29, 0.717) is 12.2 Å². The highest BCUT2D eigenvalue weighted by Crippen LogP contribution is 2.19. The maximum Gasteiger partial charge on any atom is 0.0813 e. The SMILES string of the molecule is CNCC1CCC(COCCc2cccs2)O1. The summed E-state index contributed by atoms with van der Waals surface area (Å²) < 4.78 is 11.5. The zero-order chi connectivity index (χ0) is 11.9. The van der Waals surface area contributed by atoms with Crippen molar-refractivity contribution >= 4 is 11.3 Å². The minimum absolute atomic E-state index is 0.302. The molecule has 2 atom stereocenters. The third-order valence-corrected chi connectivity index (χ3v) is 3.94. The Morgan fingerprint density at radius 3 is 3.12 bits per heavy atom. The van der Waals surface area contributed by atoms with Gasteiger partial charge in [-0.3, -0.25) is 0 Å². The summed E-state index contributed by atoms with van der Waals surface area (Å²) in [6.07, 6.45) is 3.98. The number of nitrogens with one attached hydrogen (secondary N) is 1. The van der Waals surface area contributed by atoms with E-state index < -0.39 is 0 Å². The highest BCUT2D eigenvalue weighted by molar-refractivity contribution is 7.09. The van der Waals surface area contributed by atoms with Crippen molar-refractivity contribution in [1.82, 2.24) is 5.32 Å². The average Bonchev–Trinajstić information content (AvgIpc) is 2.96. The molecule has 0 radical (unpaired) electrons. The van der Waals surface area contributed by atoms with Crippen LogP contribution in [0, 0.1) is 0 Å². The monoisotopic (exact) mass is 255 g/mol. The fourth-order valence-electron chi connectivity index (χ4n) is 2.12. The van der Waals surface area contributed by atoms with Crippen LogP contribution in [0.5, 0.6) is 0 Å². The van der Waals surface area contributed by atoms with Gasteiger partial charge in [0.05, 0.1) is 25.4 Å². The van der Waals surface area contributed by atoms with E-state index in [2.05, 4.69) is 22.8 Å². The second kappa shape index (κ2) is 7.11. The summed E-state index contributed by atoms with van der Waals surface area (Å²) in [6, 6.07) is 4.24. The molecule has 1 aliphatic heterocycles. The minimum Gasteiger partial charge on any atom is -0.378 e. The van der Waals surface area contributed by atoms with Crippen LogP contribution in [0.3, 0.4) is 0 Å². The van der Waals surface area contributed by atoms with Crippen molar-refractivity contribution < 1.29 is 9.47 Å².